The van der Waals surface area contributed by atoms with Gasteiger partial charge in [-0.05, 0) is 23.6 Å². The number of carbonyl (C=O) groups is 1. The molecule has 2 aromatic rings. The Kier molecular flexibility index (Phi) is 3.12. The van der Waals surface area contributed by atoms with Gasteiger partial charge in [-0.2, -0.15) is 4.98 Å². The Bertz CT molecular complexity index is 729. The van der Waals surface area contributed by atoms with Crippen molar-refractivity contribution in [1.82, 2.24) is 10.1 Å². The molecule has 2 unspecified atom stereocenters. The molecule has 1 N–H and O–H groups in total. The Morgan fingerprint density at radius 2 is 2.19 bits per heavy atom. The lowest BCUT2D eigenvalue weighted by atomic mass is 10.1. The van der Waals surface area contributed by atoms with E-state index in [0.29, 0.717) is 10.0 Å². The quantitative estimate of drug-likeness (QED) is 0.913. The summed E-state index contributed by atoms with van der Waals surface area (Å²) in [5, 5.41) is 13.0. The van der Waals surface area contributed by atoms with E-state index < -0.39 is 23.1 Å². The highest BCUT2D eigenvalue weighted by atomic mass is 79.9. The smallest absolute Gasteiger partial charge is 0.307 e. The van der Waals surface area contributed by atoms with Crippen LogP contribution in [0.3, 0.4) is 0 Å². The normalized spacial score (nSPS) is 23.0. The number of hydrogen-bond acceptors (Lipinski definition) is 4. The van der Waals surface area contributed by atoms with E-state index in [9.17, 15) is 14.3 Å². The van der Waals surface area contributed by atoms with Crippen molar-refractivity contribution in [2.24, 2.45) is 11.3 Å². The molecule has 3 rings (SSSR count). The first-order valence-electron chi connectivity index (χ1n) is 6.34. The van der Waals surface area contributed by atoms with Crippen molar-refractivity contribution in [1.29, 1.82) is 0 Å². The molecule has 1 aliphatic carbocycles. The number of aliphatic carboxylic acids is 1. The van der Waals surface area contributed by atoms with E-state index in [1.54, 1.807) is 6.07 Å². The van der Waals surface area contributed by atoms with Crippen LogP contribution in [0.5, 0.6) is 0 Å². The van der Waals surface area contributed by atoms with Crippen molar-refractivity contribution in [3.8, 4) is 11.4 Å². The fraction of sp³-hybridized carbons (Fsp3) is 0.357. The zero-order valence-corrected chi connectivity index (χ0v) is 12.9. The molecule has 0 radical (unpaired) electrons. The molecule has 0 aliphatic heterocycles. The second-order valence-corrected chi connectivity index (χ2v) is 6.55. The summed E-state index contributed by atoms with van der Waals surface area (Å²) in [6.07, 6.45) is 0. The molecule has 2 atom stereocenters. The predicted molar refractivity (Wildman–Crippen MR) is 75.0 cm³/mol. The van der Waals surface area contributed by atoms with Gasteiger partial charge in [-0.1, -0.05) is 34.9 Å². The molecule has 1 aromatic carbocycles. The molecule has 5 nitrogen and oxygen atoms in total. The van der Waals surface area contributed by atoms with Gasteiger partial charge in [-0.15, -0.1) is 0 Å². The third-order valence-corrected chi connectivity index (χ3v) is 4.66. The molecular formula is C14H12BrFN2O3. The van der Waals surface area contributed by atoms with Gasteiger partial charge in [0.05, 0.1) is 11.8 Å². The topological polar surface area (TPSA) is 76.2 Å². The molecule has 0 spiro atoms. The third kappa shape index (κ3) is 2.25. The van der Waals surface area contributed by atoms with Gasteiger partial charge in [0.1, 0.15) is 5.82 Å². The molecule has 21 heavy (non-hydrogen) atoms. The first kappa shape index (κ1) is 14.2. The van der Waals surface area contributed by atoms with Crippen LogP contribution in [0.1, 0.15) is 25.7 Å². The molecule has 1 aliphatic rings. The molecule has 0 amide bonds. The van der Waals surface area contributed by atoms with Gasteiger partial charge in [0.2, 0.25) is 11.7 Å². The highest BCUT2D eigenvalue weighted by molar-refractivity contribution is 9.10. The fourth-order valence-corrected chi connectivity index (χ4v) is 3.12. The van der Waals surface area contributed by atoms with Crippen LogP contribution in [0.4, 0.5) is 4.39 Å². The third-order valence-electron chi connectivity index (χ3n) is 3.97. The van der Waals surface area contributed by atoms with E-state index in [1.807, 2.05) is 13.8 Å². The number of benzene rings is 1. The molecule has 110 valence electrons. The van der Waals surface area contributed by atoms with Gasteiger partial charge in [0.15, 0.2) is 0 Å². The van der Waals surface area contributed by atoms with Crippen LogP contribution in [0.15, 0.2) is 27.2 Å². The highest BCUT2D eigenvalue weighted by Gasteiger charge is 2.65. The SMILES string of the molecule is CC1(C)C(C(=O)O)C1c1nc(-c2cc(F)ccc2Br)no1. The van der Waals surface area contributed by atoms with E-state index in [1.165, 1.54) is 12.1 Å². The van der Waals surface area contributed by atoms with Crippen molar-refractivity contribution in [3.05, 3.63) is 34.4 Å². The monoisotopic (exact) mass is 354 g/mol. The Morgan fingerprint density at radius 1 is 1.48 bits per heavy atom. The molecule has 1 heterocycles. The molecular weight excluding hydrogens is 343 g/mol. The van der Waals surface area contributed by atoms with E-state index in [-0.39, 0.29) is 17.6 Å². The average Bonchev–Trinajstić information content (AvgIpc) is 2.78. The molecule has 1 saturated carbocycles. The lowest BCUT2D eigenvalue weighted by Crippen LogP contribution is -2.03. The van der Waals surface area contributed by atoms with E-state index in [4.69, 9.17) is 4.52 Å². The van der Waals surface area contributed by atoms with Crippen molar-refractivity contribution in [2.75, 3.05) is 0 Å². The highest BCUT2D eigenvalue weighted by Crippen LogP contribution is 2.64. The van der Waals surface area contributed by atoms with Gasteiger partial charge in [0.25, 0.3) is 0 Å². The maximum atomic E-state index is 13.3. The number of nitrogens with zero attached hydrogens (tertiary/aromatic N) is 2. The number of carboxylic acids is 1. The summed E-state index contributed by atoms with van der Waals surface area (Å²) in [6, 6.07) is 4.17. The van der Waals surface area contributed by atoms with Crippen LogP contribution in [0, 0.1) is 17.2 Å². The van der Waals surface area contributed by atoms with Gasteiger partial charge < -0.3 is 9.63 Å². The number of aromatic nitrogens is 2. The van der Waals surface area contributed by atoms with Gasteiger partial charge in [0, 0.05) is 10.0 Å². The summed E-state index contributed by atoms with van der Waals surface area (Å²) >= 11 is 3.30. The van der Waals surface area contributed by atoms with Crippen LogP contribution in [0.25, 0.3) is 11.4 Å². The molecule has 0 bridgehead atoms. The summed E-state index contributed by atoms with van der Waals surface area (Å²) in [6.45, 7) is 3.69. The van der Waals surface area contributed by atoms with Crippen LogP contribution < -0.4 is 0 Å². The van der Waals surface area contributed by atoms with Crippen LogP contribution in [0.2, 0.25) is 0 Å². The molecule has 0 saturated heterocycles. The summed E-state index contributed by atoms with van der Waals surface area (Å²) in [5.74, 6) is -1.63. The number of hydrogen-bond donors (Lipinski definition) is 1. The lowest BCUT2D eigenvalue weighted by molar-refractivity contribution is -0.139. The van der Waals surface area contributed by atoms with Crippen molar-refractivity contribution in [2.45, 2.75) is 19.8 Å². The minimum Gasteiger partial charge on any atom is -0.481 e. The van der Waals surface area contributed by atoms with Gasteiger partial charge in [-0.3, -0.25) is 4.79 Å². The zero-order valence-electron chi connectivity index (χ0n) is 11.3. The number of rotatable bonds is 3. The molecule has 7 heteroatoms. The maximum absolute atomic E-state index is 13.3. The van der Waals surface area contributed by atoms with Gasteiger partial charge >= 0.3 is 5.97 Å². The Balaban J connectivity index is 1.95. The second kappa shape index (κ2) is 4.62. The average molecular weight is 355 g/mol. The van der Waals surface area contributed by atoms with Crippen molar-refractivity contribution in [3.63, 3.8) is 0 Å². The minimum absolute atomic E-state index is 0.239. The Hall–Kier alpha value is -1.76. The number of carboxylic acid groups (broad SMARTS) is 1. The first-order chi connectivity index (χ1) is 9.82. The van der Waals surface area contributed by atoms with E-state index in [2.05, 4.69) is 26.1 Å². The first-order valence-corrected chi connectivity index (χ1v) is 7.13. The Morgan fingerprint density at radius 3 is 2.81 bits per heavy atom. The minimum atomic E-state index is -0.878. The van der Waals surface area contributed by atoms with E-state index >= 15 is 0 Å². The molecule has 1 aromatic heterocycles. The Labute approximate surface area is 128 Å². The van der Waals surface area contributed by atoms with Crippen molar-refractivity contribution >= 4 is 21.9 Å². The maximum Gasteiger partial charge on any atom is 0.307 e. The summed E-state index contributed by atoms with van der Waals surface area (Å²) in [7, 11) is 0. The number of halogens is 2. The summed E-state index contributed by atoms with van der Waals surface area (Å²) < 4.78 is 19.1. The second-order valence-electron chi connectivity index (χ2n) is 5.70. The van der Waals surface area contributed by atoms with E-state index in [0.717, 1.165) is 0 Å². The standard InChI is InChI=1S/C14H12BrFN2O3/c1-14(2)9(10(14)13(19)20)12-17-11(18-21-12)7-5-6(16)3-4-8(7)15/h3-5,9-10H,1-2H3,(H,19,20). The molecule has 1 fully saturated rings. The summed E-state index contributed by atoms with van der Waals surface area (Å²) in [4.78, 5) is 15.4. The zero-order chi connectivity index (χ0) is 15.4. The fourth-order valence-electron chi connectivity index (χ4n) is 2.70. The van der Waals surface area contributed by atoms with Gasteiger partial charge in [-0.25, -0.2) is 4.39 Å². The van der Waals surface area contributed by atoms with Crippen LogP contribution >= 0.6 is 15.9 Å². The van der Waals surface area contributed by atoms with Crippen LogP contribution in [-0.4, -0.2) is 21.2 Å². The predicted octanol–water partition coefficient (Wildman–Crippen LogP) is 3.46. The van der Waals surface area contributed by atoms with Crippen molar-refractivity contribution < 1.29 is 18.8 Å². The largest absolute Gasteiger partial charge is 0.481 e. The van der Waals surface area contributed by atoms with Crippen LogP contribution in [-0.2, 0) is 4.79 Å². The lowest BCUT2D eigenvalue weighted by Gasteiger charge is -1.98. The summed E-state index contributed by atoms with van der Waals surface area (Å²) in [5.41, 5.74) is 0.0461.